The van der Waals surface area contributed by atoms with Crippen molar-refractivity contribution in [1.82, 2.24) is 19.5 Å². The molecule has 2 aromatic heterocycles. The van der Waals surface area contributed by atoms with Crippen molar-refractivity contribution in [1.29, 1.82) is 0 Å². The van der Waals surface area contributed by atoms with E-state index in [4.69, 9.17) is 0 Å². The van der Waals surface area contributed by atoms with E-state index in [1.54, 1.807) is 29.4 Å². The Labute approximate surface area is 117 Å². The van der Waals surface area contributed by atoms with Crippen LogP contribution in [-0.4, -0.2) is 19.5 Å². The summed E-state index contributed by atoms with van der Waals surface area (Å²) in [7, 11) is 0. The SMILES string of the molecule is Cc1cnc(CNc2nccn(CC(C)C)c2=O)cn1. The van der Waals surface area contributed by atoms with E-state index < -0.39 is 0 Å². The summed E-state index contributed by atoms with van der Waals surface area (Å²) in [5.74, 6) is 0.751. The molecule has 0 atom stereocenters. The lowest BCUT2D eigenvalue weighted by atomic mass is 10.2. The highest BCUT2D eigenvalue weighted by Gasteiger charge is 2.06. The highest BCUT2D eigenvalue weighted by molar-refractivity contribution is 5.31. The fraction of sp³-hybridized carbons (Fsp3) is 0.429. The van der Waals surface area contributed by atoms with Gasteiger partial charge >= 0.3 is 0 Å². The molecule has 20 heavy (non-hydrogen) atoms. The maximum atomic E-state index is 12.2. The van der Waals surface area contributed by atoms with Gasteiger partial charge in [-0.15, -0.1) is 0 Å². The van der Waals surface area contributed by atoms with Gasteiger partial charge in [0, 0.05) is 25.1 Å². The molecule has 0 aliphatic carbocycles. The lowest BCUT2D eigenvalue weighted by Gasteiger charge is -2.10. The topological polar surface area (TPSA) is 72.7 Å². The van der Waals surface area contributed by atoms with E-state index in [0.29, 0.717) is 24.8 Å². The fourth-order valence-corrected chi connectivity index (χ4v) is 1.79. The minimum Gasteiger partial charge on any atom is -0.360 e. The molecule has 0 aromatic carbocycles. The molecule has 0 bridgehead atoms. The smallest absolute Gasteiger partial charge is 0.293 e. The molecular formula is C14H19N5O. The second-order valence-corrected chi connectivity index (χ2v) is 5.13. The average molecular weight is 273 g/mol. The van der Waals surface area contributed by atoms with Gasteiger partial charge in [-0.2, -0.15) is 0 Å². The Hall–Kier alpha value is -2.24. The monoisotopic (exact) mass is 273 g/mol. The van der Waals surface area contributed by atoms with Crippen LogP contribution in [0.1, 0.15) is 25.2 Å². The molecule has 1 N–H and O–H groups in total. The summed E-state index contributed by atoms with van der Waals surface area (Å²) in [5, 5.41) is 3.02. The molecule has 0 aliphatic heterocycles. The van der Waals surface area contributed by atoms with Crippen LogP contribution < -0.4 is 10.9 Å². The van der Waals surface area contributed by atoms with Crippen molar-refractivity contribution in [2.75, 3.05) is 5.32 Å². The van der Waals surface area contributed by atoms with E-state index in [9.17, 15) is 4.79 Å². The number of nitrogens with zero attached hydrogens (tertiary/aromatic N) is 4. The lowest BCUT2D eigenvalue weighted by Crippen LogP contribution is -2.26. The first-order valence-corrected chi connectivity index (χ1v) is 6.63. The van der Waals surface area contributed by atoms with Gasteiger partial charge in [-0.3, -0.25) is 14.8 Å². The first-order chi connectivity index (χ1) is 9.56. The van der Waals surface area contributed by atoms with Crippen LogP contribution in [0.4, 0.5) is 5.82 Å². The number of anilines is 1. The number of aryl methyl sites for hydroxylation is 1. The maximum Gasteiger partial charge on any atom is 0.293 e. The summed E-state index contributed by atoms with van der Waals surface area (Å²) in [5.41, 5.74) is 1.53. The van der Waals surface area contributed by atoms with Crippen LogP contribution in [0.2, 0.25) is 0 Å². The van der Waals surface area contributed by atoms with E-state index in [0.717, 1.165) is 11.4 Å². The van der Waals surface area contributed by atoms with Gasteiger partial charge in [0.15, 0.2) is 5.82 Å². The highest BCUT2D eigenvalue weighted by Crippen LogP contribution is 2.01. The molecule has 0 spiro atoms. The zero-order valence-corrected chi connectivity index (χ0v) is 12.0. The fourth-order valence-electron chi connectivity index (χ4n) is 1.79. The number of hydrogen-bond donors (Lipinski definition) is 1. The molecular weight excluding hydrogens is 254 g/mol. The zero-order valence-electron chi connectivity index (χ0n) is 12.0. The van der Waals surface area contributed by atoms with Crippen LogP contribution in [0.15, 0.2) is 29.6 Å². The third kappa shape index (κ3) is 3.63. The minimum absolute atomic E-state index is 0.110. The minimum atomic E-state index is -0.110. The molecule has 0 saturated carbocycles. The first kappa shape index (κ1) is 14.2. The van der Waals surface area contributed by atoms with Crippen LogP contribution in [0.5, 0.6) is 0 Å². The van der Waals surface area contributed by atoms with E-state index in [1.807, 2.05) is 6.92 Å². The Morgan fingerprint density at radius 3 is 2.70 bits per heavy atom. The van der Waals surface area contributed by atoms with Crippen LogP contribution in [-0.2, 0) is 13.1 Å². The second-order valence-electron chi connectivity index (χ2n) is 5.13. The Balaban J connectivity index is 2.10. The molecule has 0 fully saturated rings. The maximum absolute atomic E-state index is 12.2. The normalized spacial score (nSPS) is 10.8. The standard InChI is InChI=1S/C14H19N5O/c1-10(2)9-19-5-4-15-13(14(19)20)18-8-12-7-16-11(3)6-17-12/h4-7,10H,8-9H2,1-3H3,(H,15,18). The van der Waals surface area contributed by atoms with Crippen molar-refractivity contribution < 1.29 is 0 Å². The zero-order chi connectivity index (χ0) is 14.5. The van der Waals surface area contributed by atoms with Gasteiger partial charge in [0.2, 0.25) is 0 Å². The Kier molecular flexibility index (Phi) is 4.45. The Morgan fingerprint density at radius 2 is 2.05 bits per heavy atom. The molecule has 6 nitrogen and oxygen atoms in total. The second kappa shape index (κ2) is 6.27. The molecule has 0 radical (unpaired) electrons. The number of aromatic nitrogens is 4. The van der Waals surface area contributed by atoms with Crippen LogP contribution in [0.25, 0.3) is 0 Å². The first-order valence-electron chi connectivity index (χ1n) is 6.63. The molecule has 2 aromatic rings. The van der Waals surface area contributed by atoms with Crippen molar-refractivity contribution in [3.8, 4) is 0 Å². The van der Waals surface area contributed by atoms with Crippen molar-refractivity contribution in [3.63, 3.8) is 0 Å². The Bertz CT molecular complexity index is 618. The summed E-state index contributed by atoms with van der Waals surface area (Å²) in [6.07, 6.45) is 6.73. The van der Waals surface area contributed by atoms with Crippen molar-refractivity contribution in [3.05, 3.63) is 46.5 Å². The van der Waals surface area contributed by atoms with Gasteiger partial charge in [-0.05, 0) is 12.8 Å². The van der Waals surface area contributed by atoms with Gasteiger partial charge in [-0.25, -0.2) is 4.98 Å². The molecule has 0 saturated heterocycles. The summed E-state index contributed by atoms with van der Waals surface area (Å²) < 4.78 is 1.67. The number of hydrogen-bond acceptors (Lipinski definition) is 5. The predicted molar refractivity (Wildman–Crippen MR) is 77.4 cm³/mol. The van der Waals surface area contributed by atoms with Crippen LogP contribution in [0, 0.1) is 12.8 Å². The third-order valence-corrected chi connectivity index (χ3v) is 2.75. The Morgan fingerprint density at radius 1 is 1.25 bits per heavy atom. The summed E-state index contributed by atoms with van der Waals surface area (Å²) in [6.45, 7) is 7.14. The largest absolute Gasteiger partial charge is 0.360 e. The quantitative estimate of drug-likeness (QED) is 0.896. The summed E-state index contributed by atoms with van der Waals surface area (Å²) in [4.78, 5) is 24.7. The summed E-state index contributed by atoms with van der Waals surface area (Å²) in [6, 6.07) is 0. The lowest BCUT2D eigenvalue weighted by molar-refractivity contribution is 0.509. The molecule has 2 heterocycles. The van der Waals surface area contributed by atoms with Gasteiger partial charge in [0.05, 0.1) is 24.1 Å². The number of rotatable bonds is 5. The van der Waals surface area contributed by atoms with Crippen molar-refractivity contribution >= 4 is 5.82 Å². The van der Waals surface area contributed by atoms with E-state index in [2.05, 4.69) is 34.1 Å². The van der Waals surface area contributed by atoms with Gasteiger partial charge < -0.3 is 9.88 Å². The van der Waals surface area contributed by atoms with Crippen molar-refractivity contribution in [2.24, 2.45) is 5.92 Å². The summed E-state index contributed by atoms with van der Waals surface area (Å²) >= 11 is 0. The molecule has 6 heteroatoms. The van der Waals surface area contributed by atoms with Crippen LogP contribution in [0.3, 0.4) is 0 Å². The van der Waals surface area contributed by atoms with Gasteiger partial charge in [-0.1, -0.05) is 13.8 Å². The third-order valence-electron chi connectivity index (χ3n) is 2.75. The highest BCUT2D eigenvalue weighted by atomic mass is 16.1. The van der Waals surface area contributed by atoms with E-state index in [-0.39, 0.29) is 5.56 Å². The number of nitrogens with one attached hydrogen (secondary N) is 1. The van der Waals surface area contributed by atoms with Gasteiger partial charge in [0.1, 0.15) is 0 Å². The van der Waals surface area contributed by atoms with Crippen molar-refractivity contribution in [2.45, 2.75) is 33.9 Å². The van der Waals surface area contributed by atoms with Gasteiger partial charge in [0.25, 0.3) is 5.56 Å². The molecule has 0 amide bonds. The molecule has 0 aliphatic rings. The predicted octanol–water partition coefficient (Wildman–Crippen LogP) is 1.61. The van der Waals surface area contributed by atoms with Crippen LogP contribution >= 0.6 is 0 Å². The average Bonchev–Trinajstić information content (AvgIpc) is 2.41. The van der Waals surface area contributed by atoms with E-state index in [1.165, 1.54) is 0 Å². The molecule has 0 unspecified atom stereocenters. The molecule has 106 valence electrons. The molecule has 2 rings (SSSR count). The van der Waals surface area contributed by atoms with E-state index >= 15 is 0 Å².